The minimum absolute atomic E-state index is 0.0141. The van der Waals surface area contributed by atoms with Gasteiger partial charge < -0.3 is 25.0 Å². The van der Waals surface area contributed by atoms with Gasteiger partial charge in [0.1, 0.15) is 23.6 Å². The highest BCUT2D eigenvalue weighted by Gasteiger charge is 2.37. The molecule has 2 heterocycles. The minimum Gasteiger partial charge on any atom is -0.497 e. The van der Waals surface area contributed by atoms with Crippen molar-refractivity contribution in [2.24, 2.45) is 5.41 Å². The van der Waals surface area contributed by atoms with Crippen LogP contribution in [-0.4, -0.2) is 68.3 Å². The van der Waals surface area contributed by atoms with E-state index in [1.54, 1.807) is 25.4 Å². The molecule has 1 atom stereocenters. The first-order valence-electron chi connectivity index (χ1n) is 13.5. The number of hydrogen-bond donors (Lipinski definition) is 2. The standard InChI is InChI=1S/C30H37F3N4O3/c1-36(2)27-19-35-26-5-4-23(40-3)17-24(26)29(27)25(33)6-7-30(18-28(38)39)8-11-37(12-9-30)13-10-34-22-15-20(31)14-21(32)16-22/h4-5,14-17,19,25,34H,6-13,18H2,1-3H3,(H,38,39)/t25-/m1/s1. The molecule has 0 spiro atoms. The molecule has 216 valence electrons. The van der Waals surface area contributed by atoms with Gasteiger partial charge in [-0.25, -0.2) is 13.2 Å². The largest absolute Gasteiger partial charge is 0.497 e. The Hall–Kier alpha value is -3.53. The van der Waals surface area contributed by atoms with E-state index in [-0.39, 0.29) is 12.8 Å². The van der Waals surface area contributed by atoms with Crippen molar-refractivity contribution in [3.05, 3.63) is 59.8 Å². The highest BCUT2D eigenvalue weighted by atomic mass is 19.1. The molecule has 1 saturated heterocycles. The SMILES string of the molecule is COc1ccc2ncc(N(C)C)c([C@H](F)CCC3(CC(=O)O)CCN(CCNc4cc(F)cc(F)c4)CC3)c2c1. The summed E-state index contributed by atoms with van der Waals surface area (Å²) >= 11 is 0. The first-order chi connectivity index (χ1) is 19.1. The third kappa shape index (κ3) is 7.15. The Kier molecular flexibility index (Phi) is 9.40. The van der Waals surface area contributed by atoms with Crippen molar-refractivity contribution in [1.29, 1.82) is 0 Å². The zero-order chi connectivity index (χ0) is 28.9. The summed E-state index contributed by atoms with van der Waals surface area (Å²) in [5, 5.41) is 13.4. The molecule has 10 heteroatoms. The maximum Gasteiger partial charge on any atom is 0.303 e. The number of carbonyl (C=O) groups is 1. The van der Waals surface area contributed by atoms with Gasteiger partial charge in [0.2, 0.25) is 0 Å². The van der Waals surface area contributed by atoms with Crippen molar-refractivity contribution in [1.82, 2.24) is 9.88 Å². The molecule has 0 bridgehead atoms. The van der Waals surface area contributed by atoms with Gasteiger partial charge in [-0.05, 0) is 74.5 Å². The number of carboxylic acid groups (broad SMARTS) is 1. The number of hydrogen-bond acceptors (Lipinski definition) is 6. The van der Waals surface area contributed by atoms with E-state index < -0.39 is 29.2 Å². The first kappa shape index (κ1) is 29.5. The normalized spacial score (nSPS) is 16.1. The predicted molar refractivity (Wildman–Crippen MR) is 151 cm³/mol. The molecule has 40 heavy (non-hydrogen) atoms. The van der Waals surface area contributed by atoms with Crippen molar-refractivity contribution < 1.29 is 27.8 Å². The average molecular weight is 559 g/mol. The maximum absolute atomic E-state index is 16.1. The number of fused-ring (bicyclic) bond motifs is 1. The Morgan fingerprint density at radius 1 is 1.18 bits per heavy atom. The summed E-state index contributed by atoms with van der Waals surface area (Å²) in [6.45, 7) is 2.47. The highest BCUT2D eigenvalue weighted by molar-refractivity contribution is 5.88. The molecule has 1 aliphatic heterocycles. The number of nitrogens with one attached hydrogen (secondary N) is 1. The molecule has 1 fully saturated rings. The van der Waals surface area contributed by atoms with Gasteiger partial charge in [-0.15, -0.1) is 0 Å². The number of halogens is 3. The third-order valence-corrected chi connectivity index (χ3v) is 7.88. The number of nitrogens with zero attached hydrogens (tertiary/aromatic N) is 3. The van der Waals surface area contributed by atoms with Crippen LogP contribution in [0.4, 0.5) is 24.5 Å². The van der Waals surface area contributed by atoms with Gasteiger partial charge in [0.15, 0.2) is 0 Å². The van der Waals surface area contributed by atoms with E-state index in [9.17, 15) is 18.7 Å². The number of aliphatic carboxylic acids is 1. The lowest BCUT2D eigenvalue weighted by atomic mass is 9.71. The van der Waals surface area contributed by atoms with Gasteiger partial charge in [-0.2, -0.15) is 0 Å². The Morgan fingerprint density at radius 3 is 2.50 bits per heavy atom. The zero-order valence-corrected chi connectivity index (χ0v) is 23.2. The zero-order valence-electron chi connectivity index (χ0n) is 23.2. The number of rotatable bonds is 12. The van der Waals surface area contributed by atoms with Gasteiger partial charge in [-0.3, -0.25) is 9.78 Å². The summed E-state index contributed by atoms with van der Waals surface area (Å²) in [5.74, 6) is -1.54. The van der Waals surface area contributed by atoms with Crippen LogP contribution >= 0.6 is 0 Å². The second-order valence-corrected chi connectivity index (χ2v) is 10.8. The monoisotopic (exact) mass is 558 g/mol. The summed E-state index contributed by atoms with van der Waals surface area (Å²) in [5.41, 5.74) is 1.76. The molecular weight excluding hydrogens is 521 g/mol. The summed E-state index contributed by atoms with van der Waals surface area (Å²) in [4.78, 5) is 20.4. The van der Waals surface area contributed by atoms with Crippen molar-refractivity contribution in [2.75, 3.05) is 57.6 Å². The van der Waals surface area contributed by atoms with Gasteiger partial charge in [0.25, 0.3) is 0 Å². The quantitative estimate of drug-likeness (QED) is 0.280. The lowest BCUT2D eigenvalue weighted by Gasteiger charge is -2.41. The Morgan fingerprint density at radius 2 is 1.88 bits per heavy atom. The van der Waals surface area contributed by atoms with Crippen LogP contribution in [0.3, 0.4) is 0 Å². The van der Waals surface area contributed by atoms with Gasteiger partial charge in [0.05, 0.1) is 30.9 Å². The number of pyridine rings is 1. The van der Waals surface area contributed by atoms with E-state index >= 15 is 4.39 Å². The van der Waals surface area contributed by atoms with Crippen LogP contribution in [0.25, 0.3) is 10.9 Å². The summed E-state index contributed by atoms with van der Waals surface area (Å²) in [7, 11) is 5.26. The number of anilines is 2. The van der Waals surface area contributed by atoms with E-state index in [2.05, 4.69) is 15.2 Å². The number of aromatic nitrogens is 1. The Labute approximate surface area is 232 Å². The van der Waals surface area contributed by atoms with Crippen LogP contribution in [0, 0.1) is 17.0 Å². The Bertz CT molecular complexity index is 1310. The first-order valence-corrected chi connectivity index (χ1v) is 13.5. The van der Waals surface area contributed by atoms with Crippen LogP contribution in [0.15, 0.2) is 42.6 Å². The van der Waals surface area contributed by atoms with E-state index in [4.69, 9.17) is 4.74 Å². The molecule has 2 N–H and O–H groups in total. The van der Waals surface area contributed by atoms with E-state index in [0.717, 1.165) is 6.07 Å². The Balaban J connectivity index is 1.43. The molecule has 0 saturated carbocycles. The van der Waals surface area contributed by atoms with Crippen molar-refractivity contribution >= 4 is 28.2 Å². The average Bonchev–Trinajstić information content (AvgIpc) is 2.91. The van der Waals surface area contributed by atoms with Gasteiger partial charge in [0, 0.05) is 49.9 Å². The van der Waals surface area contributed by atoms with Crippen LogP contribution in [0.2, 0.25) is 0 Å². The minimum atomic E-state index is -1.31. The molecule has 1 aromatic heterocycles. The molecule has 0 amide bonds. The smallest absolute Gasteiger partial charge is 0.303 e. The number of likely N-dealkylation sites (tertiary alicyclic amines) is 1. The molecule has 1 aliphatic rings. The fourth-order valence-corrected chi connectivity index (χ4v) is 5.67. The summed E-state index contributed by atoms with van der Waals surface area (Å²) < 4.78 is 48.4. The number of methoxy groups -OCH3 is 1. The van der Waals surface area contributed by atoms with Crippen LogP contribution in [0.1, 0.15) is 43.8 Å². The van der Waals surface area contributed by atoms with E-state index in [1.807, 2.05) is 25.1 Å². The molecule has 2 aromatic carbocycles. The second kappa shape index (κ2) is 12.8. The van der Waals surface area contributed by atoms with Crippen LogP contribution < -0.4 is 15.0 Å². The predicted octanol–water partition coefficient (Wildman–Crippen LogP) is 6.05. The molecule has 4 rings (SSSR count). The van der Waals surface area contributed by atoms with Crippen LogP contribution in [0.5, 0.6) is 5.75 Å². The fraction of sp³-hybridized carbons (Fsp3) is 0.467. The molecule has 0 radical (unpaired) electrons. The van der Waals surface area contributed by atoms with Crippen LogP contribution in [-0.2, 0) is 4.79 Å². The van der Waals surface area contributed by atoms with Gasteiger partial charge >= 0.3 is 5.97 Å². The lowest BCUT2D eigenvalue weighted by Crippen LogP contribution is -2.43. The van der Waals surface area contributed by atoms with Gasteiger partial charge in [-0.1, -0.05) is 0 Å². The number of alkyl halides is 1. The number of benzene rings is 2. The third-order valence-electron chi connectivity index (χ3n) is 7.88. The highest BCUT2D eigenvalue weighted by Crippen LogP contribution is 2.44. The molecule has 3 aromatic rings. The van der Waals surface area contributed by atoms with E-state index in [1.165, 1.54) is 12.1 Å². The molecule has 0 unspecified atom stereocenters. The molecule has 0 aliphatic carbocycles. The fourth-order valence-electron chi connectivity index (χ4n) is 5.67. The molecular formula is C30H37F3N4O3. The summed E-state index contributed by atoms with van der Waals surface area (Å²) in [6, 6.07) is 8.72. The van der Waals surface area contributed by atoms with Crippen molar-refractivity contribution in [2.45, 2.75) is 38.3 Å². The van der Waals surface area contributed by atoms with E-state index in [0.29, 0.717) is 79.0 Å². The number of ether oxygens (including phenoxy) is 1. The topological polar surface area (TPSA) is 77.9 Å². The van der Waals surface area contributed by atoms with Crippen molar-refractivity contribution in [3.8, 4) is 5.75 Å². The number of piperidine rings is 1. The number of carboxylic acids is 1. The second-order valence-electron chi connectivity index (χ2n) is 10.8. The maximum atomic E-state index is 16.1. The lowest BCUT2D eigenvalue weighted by molar-refractivity contribution is -0.141. The van der Waals surface area contributed by atoms with Crippen molar-refractivity contribution in [3.63, 3.8) is 0 Å². The summed E-state index contributed by atoms with van der Waals surface area (Å²) in [6.07, 6.45) is 2.24. The molecule has 7 nitrogen and oxygen atoms in total.